The van der Waals surface area contributed by atoms with Crippen molar-refractivity contribution in [3.05, 3.63) is 35.5 Å². The summed E-state index contributed by atoms with van der Waals surface area (Å²) in [7, 11) is 1.34. The number of carbonyl (C=O) groups excluding carboxylic acids is 1. The Morgan fingerprint density at radius 2 is 2.25 bits per heavy atom. The minimum Gasteiger partial charge on any atom is -0.469 e. The molecule has 2 rings (SSSR count). The maximum absolute atomic E-state index is 11.2. The van der Waals surface area contributed by atoms with Crippen molar-refractivity contribution in [1.29, 1.82) is 5.26 Å². The molecule has 0 unspecified atom stereocenters. The summed E-state index contributed by atoms with van der Waals surface area (Å²) in [6.07, 6.45) is 0.114. The zero-order chi connectivity index (χ0) is 11.5. The van der Waals surface area contributed by atoms with Gasteiger partial charge in [-0.15, -0.1) is 0 Å². The molecule has 1 aromatic heterocycles. The number of aromatic nitrogens is 1. The van der Waals surface area contributed by atoms with Gasteiger partial charge in [0.25, 0.3) is 0 Å². The van der Waals surface area contributed by atoms with Crippen molar-refractivity contribution in [3.63, 3.8) is 0 Å². The van der Waals surface area contributed by atoms with Crippen molar-refractivity contribution >= 4 is 16.9 Å². The second-order valence-corrected chi connectivity index (χ2v) is 3.39. The highest BCUT2D eigenvalue weighted by Crippen LogP contribution is 2.22. The Hall–Kier alpha value is -2.28. The normalized spacial score (nSPS) is 10.0. The summed E-state index contributed by atoms with van der Waals surface area (Å²) in [4.78, 5) is 14.2. The fourth-order valence-corrected chi connectivity index (χ4v) is 1.70. The average Bonchev–Trinajstić information content (AvgIpc) is 2.67. The van der Waals surface area contributed by atoms with Crippen LogP contribution in [0.2, 0.25) is 0 Å². The van der Waals surface area contributed by atoms with Crippen molar-refractivity contribution in [2.45, 2.75) is 6.42 Å². The summed E-state index contributed by atoms with van der Waals surface area (Å²) in [6, 6.07) is 9.55. The molecule has 0 saturated carbocycles. The van der Waals surface area contributed by atoms with Crippen LogP contribution in [0.15, 0.2) is 24.3 Å². The molecule has 16 heavy (non-hydrogen) atoms. The molecule has 4 heteroatoms. The Balaban J connectivity index is 2.57. The number of para-hydroxylation sites is 1. The van der Waals surface area contributed by atoms with Gasteiger partial charge in [0.05, 0.1) is 13.5 Å². The van der Waals surface area contributed by atoms with Crippen LogP contribution in [0.5, 0.6) is 0 Å². The summed E-state index contributed by atoms with van der Waals surface area (Å²) >= 11 is 0. The van der Waals surface area contributed by atoms with Crippen LogP contribution in [0.1, 0.15) is 11.3 Å². The number of nitriles is 1. The number of hydrogen-bond acceptors (Lipinski definition) is 3. The Bertz CT molecular complexity index is 578. The number of methoxy groups -OCH3 is 1. The first-order chi connectivity index (χ1) is 7.76. The summed E-state index contributed by atoms with van der Waals surface area (Å²) in [5.74, 6) is -0.346. The lowest BCUT2D eigenvalue weighted by Crippen LogP contribution is -2.05. The molecule has 0 radical (unpaired) electrons. The second kappa shape index (κ2) is 4.07. The van der Waals surface area contributed by atoms with E-state index in [0.29, 0.717) is 11.3 Å². The van der Waals surface area contributed by atoms with Crippen molar-refractivity contribution in [1.82, 2.24) is 4.98 Å². The number of rotatable bonds is 2. The molecule has 1 heterocycles. The molecule has 1 N–H and O–H groups in total. The van der Waals surface area contributed by atoms with Crippen LogP contribution in [0, 0.1) is 11.3 Å². The van der Waals surface area contributed by atoms with Crippen LogP contribution >= 0.6 is 0 Å². The molecule has 0 aliphatic rings. The third-order valence-corrected chi connectivity index (χ3v) is 2.47. The van der Waals surface area contributed by atoms with Gasteiger partial charge in [-0.2, -0.15) is 5.26 Å². The molecule has 0 spiro atoms. The first-order valence-electron chi connectivity index (χ1n) is 4.82. The van der Waals surface area contributed by atoms with E-state index in [1.807, 2.05) is 24.3 Å². The fraction of sp³-hybridized carbons (Fsp3) is 0.167. The highest BCUT2D eigenvalue weighted by molar-refractivity contribution is 5.89. The topological polar surface area (TPSA) is 65.9 Å². The number of esters is 1. The van der Waals surface area contributed by atoms with Gasteiger partial charge in [-0.1, -0.05) is 18.2 Å². The van der Waals surface area contributed by atoms with E-state index in [1.165, 1.54) is 7.11 Å². The third-order valence-electron chi connectivity index (χ3n) is 2.47. The maximum atomic E-state index is 11.2. The lowest BCUT2D eigenvalue weighted by Gasteiger charge is -1.98. The summed E-state index contributed by atoms with van der Waals surface area (Å²) in [5, 5.41) is 9.86. The van der Waals surface area contributed by atoms with Gasteiger partial charge in [-0.3, -0.25) is 4.79 Å². The van der Waals surface area contributed by atoms with Gasteiger partial charge in [0, 0.05) is 16.5 Å². The third kappa shape index (κ3) is 1.63. The van der Waals surface area contributed by atoms with Crippen LogP contribution in [-0.2, 0) is 16.0 Å². The molecule has 0 bridgehead atoms. The molecule has 0 aliphatic carbocycles. The molecule has 1 aromatic carbocycles. The SMILES string of the molecule is COC(=O)Cc1c(C#N)[nH]c2ccccc12. The van der Waals surface area contributed by atoms with E-state index in [4.69, 9.17) is 5.26 Å². The maximum Gasteiger partial charge on any atom is 0.310 e. The Morgan fingerprint density at radius 1 is 1.50 bits per heavy atom. The van der Waals surface area contributed by atoms with Gasteiger partial charge in [0.1, 0.15) is 11.8 Å². The smallest absolute Gasteiger partial charge is 0.310 e. The fourth-order valence-electron chi connectivity index (χ4n) is 1.70. The van der Waals surface area contributed by atoms with Gasteiger partial charge >= 0.3 is 5.97 Å². The second-order valence-electron chi connectivity index (χ2n) is 3.39. The van der Waals surface area contributed by atoms with Gasteiger partial charge in [-0.25, -0.2) is 0 Å². The Kier molecular flexibility index (Phi) is 2.61. The molecular formula is C12H10N2O2. The Labute approximate surface area is 92.4 Å². The van der Waals surface area contributed by atoms with Crippen LogP contribution in [0.3, 0.4) is 0 Å². The number of benzene rings is 1. The van der Waals surface area contributed by atoms with E-state index in [0.717, 1.165) is 10.9 Å². The van der Waals surface area contributed by atoms with Gasteiger partial charge < -0.3 is 9.72 Å². The lowest BCUT2D eigenvalue weighted by molar-refractivity contribution is -0.139. The van der Waals surface area contributed by atoms with E-state index in [1.54, 1.807) is 0 Å². The van der Waals surface area contributed by atoms with Crippen LogP contribution in [-0.4, -0.2) is 18.1 Å². The number of H-pyrrole nitrogens is 1. The standard InChI is InChI=1S/C12H10N2O2/c1-16-12(15)6-9-8-4-2-3-5-10(8)14-11(9)7-13/h2-5,14H,6H2,1H3. The highest BCUT2D eigenvalue weighted by atomic mass is 16.5. The van der Waals surface area contributed by atoms with Gasteiger partial charge in [-0.05, 0) is 6.07 Å². The van der Waals surface area contributed by atoms with Crippen molar-refractivity contribution < 1.29 is 9.53 Å². The minimum atomic E-state index is -0.346. The molecule has 0 aliphatic heterocycles. The van der Waals surface area contributed by atoms with E-state index < -0.39 is 0 Å². The number of hydrogen-bond donors (Lipinski definition) is 1. The molecule has 4 nitrogen and oxygen atoms in total. The van der Waals surface area contributed by atoms with E-state index in [-0.39, 0.29) is 12.4 Å². The van der Waals surface area contributed by atoms with E-state index >= 15 is 0 Å². The van der Waals surface area contributed by atoms with Crippen molar-refractivity contribution in [2.24, 2.45) is 0 Å². The number of nitrogens with zero attached hydrogens (tertiary/aromatic N) is 1. The van der Waals surface area contributed by atoms with Gasteiger partial charge in [0.15, 0.2) is 0 Å². The van der Waals surface area contributed by atoms with Crippen LogP contribution < -0.4 is 0 Å². The van der Waals surface area contributed by atoms with Crippen molar-refractivity contribution in [3.8, 4) is 6.07 Å². The minimum absolute atomic E-state index is 0.114. The van der Waals surface area contributed by atoms with E-state index in [2.05, 4.69) is 15.8 Å². The quantitative estimate of drug-likeness (QED) is 0.774. The van der Waals surface area contributed by atoms with Gasteiger partial charge in [0.2, 0.25) is 0 Å². The molecule has 0 fully saturated rings. The van der Waals surface area contributed by atoms with Crippen LogP contribution in [0.25, 0.3) is 10.9 Å². The summed E-state index contributed by atoms with van der Waals surface area (Å²) in [6.45, 7) is 0. The summed E-state index contributed by atoms with van der Waals surface area (Å²) < 4.78 is 4.61. The Morgan fingerprint density at radius 3 is 2.94 bits per heavy atom. The predicted molar refractivity (Wildman–Crippen MR) is 58.7 cm³/mol. The first kappa shape index (κ1) is 10.2. The first-order valence-corrected chi connectivity index (χ1v) is 4.82. The molecular weight excluding hydrogens is 204 g/mol. The molecule has 0 atom stereocenters. The largest absolute Gasteiger partial charge is 0.469 e. The lowest BCUT2D eigenvalue weighted by atomic mass is 10.1. The number of fused-ring (bicyclic) bond motifs is 1. The molecule has 2 aromatic rings. The number of ether oxygens (including phenoxy) is 1. The number of nitrogens with one attached hydrogen (secondary N) is 1. The monoisotopic (exact) mass is 214 g/mol. The van der Waals surface area contributed by atoms with E-state index in [9.17, 15) is 4.79 Å². The zero-order valence-electron chi connectivity index (χ0n) is 8.78. The number of aromatic amines is 1. The molecule has 80 valence electrons. The predicted octanol–water partition coefficient (Wildman–Crippen LogP) is 1.76. The molecule has 0 amide bonds. The number of carbonyl (C=O) groups is 1. The highest BCUT2D eigenvalue weighted by Gasteiger charge is 2.14. The summed E-state index contributed by atoms with van der Waals surface area (Å²) in [5.41, 5.74) is 1.98. The zero-order valence-corrected chi connectivity index (χ0v) is 8.78. The molecule has 0 saturated heterocycles. The van der Waals surface area contributed by atoms with Crippen molar-refractivity contribution in [2.75, 3.05) is 7.11 Å². The van der Waals surface area contributed by atoms with Crippen LogP contribution in [0.4, 0.5) is 0 Å². The average molecular weight is 214 g/mol.